The number of ether oxygens (including phenoxy) is 2. The Morgan fingerprint density at radius 3 is 2.57 bits per heavy atom. The first-order chi connectivity index (χ1) is 14.4. The van der Waals surface area contributed by atoms with Crippen molar-refractivity contribution < 1.29 is 23.6 Å². The molecule has 1 fully saturated rings. The number of nitrogens with zero attached hydrogens (tertiary/aromatic N) is 3. The van der Waals surface area contributed by atoms with Gasteiger partial charge in [0, 0.05) is 43.7 Å². The number of aromatic nitrogens is 3. The van der Waals surface area contributed by atoms with Gasteiger partial charge in [-0.25, -0.2) is 9.59 Å². The van der Waals surface area contributed by atoms with Gasteiger partial charge < -0.3 is 19.3 Å². The minimum atomic E-state index is -1.28. The van der Waals surface area contributed by atoms with Gasteiger partial charge in [-0.2, -0.15) is 4.98 Å². The fourth-order valence-corrected chi connectivity index (χ4v) is 2.85. The van der Waals surface area contributed by atoms with Gasteiger partial charge in [0.05, 0.1) is 6.42 Å². The first-order valence-corrected chi connectivity index (χ1v) is 9.15. The van der Waals surface area contributed by atoms with Crippen LogP contribution < -0.4 is 5.32 Å². The van der Waals surface area contributed by atoms with Crippen LogP contribution in [-0.2, 0) is 25.5 Å². The summed E-state index contributed by atoms with van der Waals surface area (Å²) in [7, 11) is 0. The lowest BCUT2D eigenvalue weighted by Crippen LogP contribution is -2.42. The number of esters is 2. The fraction of sp³-hybridized carbons (Fsp3) is 0.190. The van der Waals surface area contributed by atoms with E-state index in [0.717, 1.165) is 11.1 Å². The van der Waals surface area contributed by atoms with Crippen LogP contribution in [-0.4, -0.2) is 32.9 Å². The van der Waals surface area contributed by atoms with Gasteiger partial charge in [0.15, 0.2) is 5.57 Å². The van der Waals surface area contributed by atoms with Gasteiger partial charge in [-0.1, -0.05) is 23.4 Å². The highest BCUT2D eigenvalue weighted by molar-refractivity contribution is 6.15. The molecule has 2 aromatic heterocycles. The molecular weight excluding hydrogens is 388 g/mol. The quantitative estimate of drug-likeness (QED) is 0.388. The summed E-state index contributed by atoms with van der Waals surface area (Å²) in [5, 5.41) is 6.95. The molecule has 30 heavy (non-hydrogen) atoms. The largest absolute Gasteiger partial charge is 0.419 e. The molecule has 1 aliphatic rings. The van der Waals surface area contributed by atoms with Crippen LogP contribution in [0.1, 0.15) is 25.3 Å². The van der Waals surface area contributed by atoms with Crippen molar-refractivity contribution in [1.82, 2.24) is 15.1 Å². The normalized spacial score (nSPS) is 15.3. The Bertz CT molecular complexity index is 1100. The van der Waals surface area contributed by atoms with Gasteiger partial charge in [-0.3, -0.25) is 4.98 Å². The lowest BCUT2D eigenvalue weighted by atomic mass is 10.1. The zero-order valence-corrected chi connectivity index (χ0v) is 16.3. The molecule has 0 spiro atoms. The molecule has 0 aliphatic carbocycles. The van der Waals surface area contributed by atoms with Crippen LogP contribution in [0.15, 0.2) is 65.1 Å². The summed E-state index contributed by atoms with van der Waals surface area (Å²) in [6.45, 7) is 2.99. The molecular formula is C21H18N4O5. The average Bonchev–Trinajstić information content (AvgIpc) is 3.17. The average molecular weight is 406 g/mol. The van der Waals surface area contributed by atoms with E-state index in [1.54, 1.807) is 24.5 Å². The van der Waals surface area contributed by atoms with Gasteiger partial charge in [0.25, 0.3) is 5.79 Å². The van der Waals surface area contributed by atoms with Crippen molar-refractivity contribution >= 4 is 17.6 Å². The summed E-state index contributed by atoms with van der Waals surface area (Å²) in [6.07, 6.45) is 4.94. The van der Waals surface area contributed by atoms with E-state index < -0.39 is 17.7 Å². The standard InChI is InChI=1S/C21H18N4O5/c1-21(2)28-19(26)15(20(27)29-21)12-23-16-8-4-3-6-13(16)10-17-24-18(25-30-17)14-7-5-9-22-11-14/h3-9,11-12,23H,10H2,1-2H3. The Hall–Kier alpha value is -4.01. The number of hydrogen-bond acceptors (Lipinski definition) is 9. The predicted octanol–water partition coefficient (Wildman–Crippen LogP) is 2.85. The molecule has 9 nitrogen and oxygen atoms in total. The molecule has 0 unspecified atom stereocenters. The summed E-state index contributed by atoms with van der Waals surface area (Å²) < 4.78 is 15.5. The molecule has 1 saturated heterocycles. The van der Waals surface area contributed by atoms with E-state index >= 15 is 0 Å². The van der Waals surface area contributed by atoms with Crippen LogP contribution in [0.2, 0.25) is 0 Å². The Morgan fingerprint density at radius 1 is 1.07 bits per heavy atom. The van der Waals surface area contributed by atoms with E-state index in [0.29, 0.717) is 23.8 Å². The smallest absolute Gasteiger partial charge is 0.350 e. The minimum Gasteiger partial charge on any atom is -0.419 e. The van der Waals surface area contributed by atoms with Crippen molar-refractivity contribution in [2.75, 3.05) is 5.32 Å². The summed E-state index contributed by atoms with van der Waals surface area (Å²) in [6, 6.07) is 11.0. The van der Waals surface area contributed by atoms with E-state index in [9.17, 15) is 9.59 Å². The molecule has 3 heterocycles. The number of hydrogen-bond donors (Lipinski definition) is 1. The Labute approximate surface area is 171 Å². The number of benzene rings is 1. The van der Waals surface area contributed by atoms with Crippen molar-refractivity contribution in [2.45, 2.75) is 26.1 Å². The number of carbonyl (C=O) groups is 2. The fourth-order valence-electron chi connectivity index (χ4n) is 2.85. The second-order valence-electron chi connectivity index (χ2n) is 6.97. The monoisotopic (exact) mass is 406 g/mol. The number of pyridine rings is 1. The third-order valence-corrected chi connectivity index (χ3v) is 4.24. The predicted molar refractivity (Wildman–Crippen MR) is 105 cm³/mol. The van der Waals surface area contributed by atoms with Gasteiger partial charge in [0.2, 0.25) is 11.7 Å². The Morgan fingerprint density at radius 2 is 1.83 bits per heavy atom. The first kappa shape index (κ1) is 19.3. The second kappa shape index (κ2) is 7.78. The van der Waals surface area contributed by atoms with Crippen LogP contribution in [0, 0.1) is 0 Å². The third kappa shape index (κ3) is 4.19. The van der Waals surface area contributed by atoms with Crippen LogP contribution >= 0.6 is 0 Å². The first-order valence-electron chi connectivity index (χ1n) is 9.15. The zero-order valence-electron chi connectivity index (χ0n) is 16.3. The number of nitrogens with one attached hydrogen (secondary N) is 1. The molecule has 1 aromatic carbocycles. The molecule has 1 aliphatic heterocycles. The molecule has 0 saturated carbocycles. The number of cyclic esters (lactones) is 2. The van der Waals surface area contributed by atoms with Crippen molar-refractivity contribution in [3.8, 4) is 11.4 Å². The van der Waals surface area contributed by atoms with Crippen LogP contribution in [0.4, 0.5) is 5.69 Å². The highest BCUT2D eigenvalue weighted by atomic mass is 16.7. The van der Waals surface area contributed by atoms with Crippen LogP contribution in [0.3, 0.4) is 0 Å². The highest BCUT2D eigenvalue weighted by Crippen LogP contribution is 2.24. The van der Waals surface area contributed by atoms with E-state index in [4.69, 9.17) is 14.0 Å². The number of rotatable bonds is 5. The lowest BCUT2D eigenvalue weighted by Gasteiger charge is -2.29. The van der Waals surface area contributed by atoms with Crippen molar-refractivity contribution in [1.29, 1.82) is 0 Å². The molecule has 4 rings (SSSR count). The molecule has 0 amide bonds. The Balaban J connectivity index is 1.52. The van der Waals surface area contributed by atoms with Crippen molar-refractivity contribution in [3.05, 3.63) is 72.0 Å². The molecule has 0 bridgehead atoms. The maximum atomic E-state index is 12.1. The van der Waals surface area contributed by atoms with Crippen LogP contribution in [0.5, 0.6) is 0 Å². The van der Waals surface area contributed by atoms with Gasteiger partial charge in [-0.15, -0.1) is 0 Å². The topological polar surface area (TPSA) is 116 Å². The van der Waals surface area contributed by atoms with E-state index in [2.05, 4.69) is 20.4 Å². The Kier molecular flexibility index (Phi) is 5.01. The molecule has 152 valence electrons. The van der Waals surface area contributed by atoms with Crippen LogP contribution in [0.25, 0.3) is 11.4 Å². The summed E-state index contributed by atoms with van der Waals surface area (Å²) >= 11 is 0. The maximum Gasteiger partial charge on any atom is 0.350 e. The minimum absolute atomic E-state index is 0.221. The van der Waals surface area contributed by atoms with Gasteiger partial charge >= 0.3 is 11.9 Å². The molecule has 3 aromatic rings. The molecule has 9 heteroatoms. The zero-order chi connectivity index (χ0) is 21.1. The van der Waals surface area contributed by atoms with E-state index in [1.165, 1.54) is 20.0 Å². The third-order valence-electron chi connectivity index (χ3n) is 4.24. The molecule has 0 radical (unpaired) electrons. The number of anilines is 1. The molecule has 0 atom stereocenters. The van der Waals surface area contributed by atoms with Gasteiger partial charge in [-0.05, 0) is 23.8 Å². The second-order valence-corrected chi connectivity index (χ2v) is 6.97. The van der Waals surface area contributed by atoms with Crippen molar-refractivity contribution in [2.24, 2.45) is 0 Å². The highest BCUT2D eigenvalue weighted by Gasteiger charge is 2.38. The summed E-state index contributed by atoms with van der Waals surface area (Å²) in [5.41, 5.74) is 2.02. The van der Waals surface area contributed by atoms with E-state index in [1.807, 2.05) is 24.3 Å². The van der Waals surface area contributed by atoms with Gasteiger partial charge in [0.1, 0.15) is 0 Å². The summed E-state index contributed by atoms with van der Waals surface area (Å²) in [4.78, 5) is 32.6. The van der Waals surface area contributed by atoms with E-state index in [-0.39, 0.29) is 5.57 Å². The number of para-hydroxylation sites is 1. The van der Waals surface area contributed by atoms with Crippen molar-refractivity contribution in [3.63, 3.8) is 0 Å². The molecule has 1 N–H and O–H groups in total. The SMILES string of the molecule is CC1(C)OC(=O)C(=CNc2ccccc2Cc2nc(-c3cccnc3)no2)C(=O)O1. The number of carbonyl (C=O) groups excluding carboxylic acids is 2. The lowest BCUT2D eigenvalue weighted by molar-refractivity contribution is -0.222. The summed E-state index contributed by atoms with van der Waals surface area (Å²) in [5.74, 6) is -1.93. The maximum absolute atomic E-state index is 12.1.